The van der Waals surface area contributed by atoms with Crippen LogP contribution in [0.5, 0.6) is 0 Å². The van der Waals surface area contributed by atoms with Crippen molar-refractivity contribution in [2.45, 2.75) is 6.42 Å². The number of rotatable bonds is 3. The number of carbonyl (C=O) groups excluding carboxylic acids is 1. The standard InChI is InChI=1S/C16H15NOS/c1-2-12-8-16(18)17(10-12)15-5-3-4-13(9-15)14-6-7-19-11-14/h2-7,9,11-12H,1,8,10H2. The third-order valence-electron chi connectivity index (χ3n) is 3.50. The highest BCUT2D eigenvalue weighted by Gasteiger charge is 2.28. The van der Waals surface area contributed by atoms with E-state index in [1.54, 1.807) is 11.3 Å². The second-order valence-corrected chi connectivity index (χ2v) is 5.55. The van der Waals surface area contributed by atoms with Gasteiger partial charge in [-0.3, -0.25) is 4.79 Å². The van der Waals surface area contributed by atoms with Gasteiger partial charge in [0.15, 0.2) is 0 Å². The molecule has 1 aliphatic rings. The number of thiophene rings is 1. The van der Waals surface area contributed by atoms with Crippen LogP contribution in [0.4, 0.5) is 5.69 Å². The maximum Gasteiger partial charge on any atom is 0.227 e. The van der Waals surface area contributed by atoms with Crippen molar-refractivity contribution in [3.05, 3.63) is 53.7 Å². The number of anilines is 1. The highest BCUT2D eigenvalue weighted by molar-refractivity contribution is 7.08. The van der Waals surface area contributed by atoms with Crippen LogP contribution in [0.25, 0.3) is 11.1 Å². The minimum atomic E-state index is 0.187. The van der Waals surface area contributed by atoms with Crippen molar-refractivity contribution in [1.82, 2.24) is 0 Å². The molecule has 0 aliphatic carbocycles. The van der Waals surface area contributed by atoms with Gasteiger partial charge in [0.25, 0.3) is 0 Å². The van der Waals surface area contributed by atoms with Crippen molar-refractivity contribution in [1.29, 1.82) is 0 Å². The van der Waals surface area contributed by atoms with Gasteiger partial charge >= 0.3 is 0 Å². The lowest BCUT2D eigenvalue weighted by atomic mass is 10.1. The smallest absolute Gasteiger partial charge is 0.227 e. The first-order valence-corrected chi connectivity index (χ1v) is 7.28. The van der Waals surface area contributed by atoms with Gasteiger partial charge in [-0.15, -0.1) is 6.58 Å². The van der Waals surface area contributed by atoms with E-state index in [4.69, 9.17) is 0 Å². The number of hydrogen-bond donors (Lipinski definition) is 0. The average molecular weight is 269 g/mol. The normalized spacial score (nSPS) is 18.8. The molecule has 96 valence electrons. The monoisotopic (exact) mass is 269 g/mol. The summed E-state index contributed by atoms with van der Waals surface area (Å²) in [5.41, 5.74) is 3.35. The Balaban J connectivity index is 1.92. The van der Waals surface area contributed by atoms with E-state index in [-0.39, 0.29) is 11.8 Å². The third-order valence-corrected chi connectivity index (χ3v) is 4.18. The highest BCUT2D eigenvalue weighted by Crippen LogP contribution is 2.30. The zero-order chi connectivity index (χ0) is 13.2. The summed E-state index contributed by atoms with van der Waals surface area (Å²) in [6.07, 6.45) is 2.45. The lowest BCUT2D eigenvalue weighted by molar-refractivity contribution is -0.117. The molecule has 0 saturated carbocycles. The van der Waals surface area contributed by atoms with Gasteiger partial charge in [0.05, 0.1) is 0 Å². The van der Waals surface area contributed by atoms with Crippen molar-refractivity contribution in [2.75, 3.05) is 11.4 Å². The van der Waals surface area contributed by atoms with Crippen molar-refractivity contribution in [2.24, 2.45) is 5.92 Å². The molecule has 3 heteroatoms. The Bertz CT molecular complexity index is 603. The molecule has 0 spiro atoms. The SMILES string of the molecule is C=CC1CC(=O)N(c2cccc(-c3ccsc3)c2)C1. The molecule has 0 N–H and O–H groups in total. The molecule has 2 heterocycles. The number of nitrogens with zero attached hydrogens (tertiary/aromatic N) is 1. The van der Waals surface area contributed by atoms with E-state index in [1.807, 2.05) is 23.1 Å². The topological polar surface area (TPSA) is 20.3 Å². The zero-order valence-electron chi connectivity index (χ0n) is 10.6. The lowest BCUT2D eigenvalue weighted by Crippen LogP contribution is -2.24. The fourth-order valence-corrected chi connectivity index (χ4v) is 3.09. The largest absolute Gasteiger partial charge is 0.312 e. The highest BCUT2D eigenvalue weighted by atomic mass is 32.1. The van der Waals surface area contributed by atoms with E-state index < -0.39 is 0 Å². The number of amides is 1. The summed E-state index contributed by atoms with van der Waals surface area (Å²) >= 11 is 1.68. The van der Waals surface area contributed by atoms with Crippen molar-refractivity contribution in [3.8, 4) is 11.1 Å². The van der Waals surface area contributed by atoms with Crippen LogP contribution in [0.15, 0.2) is 53.7 Å². The Morgan fingerprint density at radius 2 is 2.21 bits per heavy atom. The van der Waals surface area contributed by atoms with Crippen molar-refractivity contribution < 1.29 is 4.79 Å². The van der Waals surface area contributed by atoms with E-state index in [9.17, 15) is 4.79 Å². The molecular formula is C16H15NOS. The van der Waals surface area contributed by atoms with Crippen molar-refractivity contribution >= 4 is 22.9 Å². The van der Waals surface area contributed by atoms with Gasteiger partial charge in [-0.2, -0.15) is 11.3 Å². The van der Waals surface area contributed by atoms with Crippen LogP contribution in [-0.2, 0) is 4.79 Å². The van der Waals surface area contributed by atoms with Gasteiger partial charge < -0.3 is 4.90 Å². The van der Waals surface area contributed by atoms with Gasteiger partial charge in [-0.1, -0.05) is 18.2 Å². The third kappa shape index (κ3) is 2.34. The molecule has 0 radical (unpaired) electrons. The van der Waals surface area contributed by atoms with Gasteiger partial charge in [0.1, 0.15) is 0 Å². The number of carbonyl (C=O) groups is 1. The van der Waals surface area contributed by atoms with Gasteiger partial charge in [-0.25, -0.2) is 0 Å². The van der Waals surface area contributed by atoms with Crippen molar-refractivity contribution in [3.63, 3.8) is 0 Å². The summed E-state index contributed by atoms with van der Waals surface area (Å²) in [6.45, 7) is 4.53. The Labute approximate surface area is 117 Å². The fraction of sp³-hybridized carbons (Fsp3) is 0.188. The molecule has 1 aliphatic heterocycles. The summed E-state index contributed by atoms with van der Waals surface area (Å²) in [5.74, 6) is 0.463. The van der Waals surface area contributed by atoms with E-state index in [2.05, 4.69) is 35.5 Å². The second kappa shape index (κ2) is 5.02. The summed E-state index contributed by atoms with van der Waals surface area (Å²) in [4.78, 5) is 13.9. The Morgan fingerprint density at radius 3 is 2.89 bits per heavy atom. The molecule has 1 amide bonds. The molecule has 2 nitrogen and oxygen atoms in total. The van der Waals surface area contributed by atoms with E-state index in [0.29, 0.717) is 6.42 Å². The van der Waals surface area contributed by atoms with E-state index >= 15 is 0 Å². The quantitative estimate of drug-likeness (QED) is 0.772. The summed E-state index contributed by atoms with van der Waals surface area (Å²) in [5, 5.41) is 4.19. The Morgan fingerprint density at radius 1 is 1.32 bits per heavy atom. The maximum atomic E-state index is 12.0. The molecule has 1 aromatic heterocycles. The molecule has 1 aromatic carbocycles. The number of hydrogen-bond acceptors (Lipinski definition) is 2. The molecule has 3 rings (SSSR count). The number of benzene rings is 1. The van der Waals surface area contributed by atoms with Crippen LogP contribution in [0, 0.1) is 5.92 Å². The van der Waals surface area contributed by atoms with Gasteiger partial charge in [-0.05, 0) is 40.1 Å². The minimum absolute atomic E-state index is 0.187. The molecule has 2 aromatic rings. The van der Waals surface area contributed by atoms with Crippen LogP contribution in [0.1, 0.15) is 6.42 Å². The van der Waals surface area contributed by atoms with E-state index in [1.165, 1.54) is 5.56 Å². The molecule has 1 unspecified atom stereocenters. The predicted molar refractivity (Wildman–Crippen MR) is 80.4 cm³/mol. The summed E-state index contributed by atoms with van der Waals surface area (Å²) in [6, 6.07) is 10.3. The summed E-state index contributed by atoms with van der Waals surface area (Å²) < 4.78 is 0. The first kappa shape index (κ1) is 12.2. The van der Waals surface area contributed by atoms with E-state index in [0.717, 1.165) is 17.8 Å². The zero-order valence-corrected chi connectivity index (χ0v) is 11.4. The first-order chi connectivity index (χ1) is 9.28. The molecule has 1 fully saturated rings. The van der Waals surface area contributed by atoms with Crippen LogP contribution >= 0.6 is 11.3 Å². The maximum absolute atomic E-state index is 12.0. The van der Waals surface area contributed by atoms with Gasteiger partial charge in [0, 0.05) is 24.6 Å². The van der Waals surface area contributed by atoms with Crippen LogP contribution < -0.4 is 4.90 Å². The predicted octanol–water partition coefficient (Wildman–Crippen LogP) is 3.95. The minimum Gasteiger partial charge on any atom is -0.312 e. The molecular weight excluding hydrogens is 254 g/mol. The molecule has 1 atom stereocenters. The second-order valence-electron chi connectivity index (χ2n) is 4.77. The molecule has 1 saturated heterocycles. The fourth-order valence-electron chi connectivity index (χ4n) is 2.42. The first-order valence-electron chi connectivity index (χ1n) is 6.33. The molecule has 0 bridgehead atoms. The molecule has 19 heavy (non-hydrogen) atoms. The van der Waals surface area contributed by atoms with Crippen LogP contribution in [0.3, 0.4) is 0 Å². The Kier molecular flexibility index (Phi) is 3.22. The van der Waals surface area contributed by atoms with Crippen LogP contribution in [-0.4, -0.2) is 12.5 Å². The lowest BCUT2D eigenvalue weighted by Gasteiger charge is -2.17. The Hall–Kier alpha value is -1.87. The average Bonchev–Trinajstić information content (AvgIpc) is 3.08. The summed E-state index contributed by atoms with van der Waals surface area (Å²) in [7, 11) is 0. The van der Waals surface area contributed by atoms with Crippen LogP contribution in [0.2, 0.25) is 0 Å². The van der Waals surface area contributed by atoms with Gasteiger partial charge in [0.2, 0.25) is 5.91 Å².